The van der Waals surface area contributed by atoms with Crippen LogP contribution in [-0.2, 0) is 13.1 Å². The number of aromatic nitrogens is 2. The van der Waals surface area contributed by atoms with E-state index in [9.17, 15) is 4.79 Å². The van der Waals surface area contributed by atoms with Gasteiger partial charge in [-0.05, 0) is 38.6 Å². The molecule has 2 aromatic rings. The van der Waals surface area contributed by atoms with Crippen LogP contribution >= 0.6 is 0 Å². The third kappa shape index (κ3) is 3.74. The molecule has 1 aromatic carbocycles. The van der Waals surface area contributed by atoms with Crippen molar-refractivity contribution in [1.82, 2.24) is 15.1 Å². The highest BCUT2D eigenvalue weighted by atomic mass is 16.5. The summed E-state index contributed by atoms with van der Waals surface area (Å²) in [5.41, 5.74) is 2.44. The van der Waals surface area contributed by atoms with Gasteiger partial charge in [0.1, 0.15) is 5.75 Å². The van der Waals surface area contributed by atoms with Gasteiger partial charge < -0.3 is 10.1 Å². The fraction of sp³-hybridized carbons (Fsp3) is 0.412. The van der Waals surface area contributed by atoms with E-state index in [1.807, 2.05) is 51.1 Å². The smallest absolute Gasteiger partial charge is 0.271 e. The van der Waals surface area contributed by atoms with Crippen LogP contribution in [0, 0.1) is 0 Å². The van der Waals surface area contributed by atoms with E-state index in [0.717, 1.165) is 29.1 Å². The number of nitrogens with one attached hydrogen (secondary N) is 1. The lowest BCUT2D eigenvalue weighted by Gasteiger charge is -2.11. The zero-order valence-electron chi connectivity index (χ0n) is 13.4. The number of aryl methyl sites for hydroxylation is 1. The third-order valence-corrected chi connectivity index (χ3v) is 3.35. The Morgan fingerprint density at radius 2 is 2.05 bits per heavy atom. The van der Waals surface area contributed by atoms with Crippen LogP contribution in [0.1, 0.15) is 26.3 Å². The number of benzene rings is 1. The van der Waals surface area contributed by atoms with Crippen LogP contribution in [-0.4, -0.2) is 22.9 Å². The van der Waals surface area contributed by atoms with Crippen LogP contribution in [0.4, 0.5) is 0 Å². The van der Waals surface area contributed by atoms with Gasteiger partial charge in [-0.15, -0.1) is 0 Å². The molecule has 0 radical (unpaired) electrons. The maximum Gasteiger partial charge on any atom is 0.271 e. The molecule has 0 fully saturated rings. The number of nitrogens with zero attached hydrogens (tertiary/aromatic N) is 2. The molecule has 22 heavy (non-hydrogen) atoms. The van der Waals surface area contributed by atoms with Crippen molar-refractivity contribution in [3.63, 3.8) is 0 Å². The molecule has 118 valence electrons. The quantitative estimate of drug-likeness (QED) is 0.853. The molecule has 0 aliphatic rings. The van der Waals surface area contributed by atoms with Gasteiger partial charge in [0.05, 0.1) is 12.3 Å². The molecule has 5 heteroatoms. The van der Waals surface area contributed by atoms with Crippen LogP contribution < -0.4 is 15.6 Å². The van der Waals surface area contributed by atoms with E-state index in [-0.39, 0.29) is 5.56 Å². The van der Waals surface area contributed by atoms with E-state index in [0.29, 0.717) is 19.7 Å². The maximum absolute atomic E-state index is 12.3. The fourth-order valence-electron chi connectivity index (χ4n) is 2.25. The van der Waals surface area contributed by atoms with Gasteiger partial charge >= 0.3 is 0 Å². The van der Waals surface area contributed by atoms with Gasteiger partial charge in [-0.1, -0.05) is 19.1 Å². The topological polar surface area (TPSA) is 56.1 Å². The average Bonchev–Trinajstić information content (AvgIpc) is 2.54. The number of rotatable bonds is 7. The zero-order valence-corrected chi connectivity index (χ0v) is 13.4. The highest BCUT2D eigenvalue weighted by Gasteiger charge is 2.09. The van der Waals surface area contributed by atoms with Crippen molar-refractivity contribution in [3.8, 4) is 17.0 Å². The largest absolute Gasteiger partial charge is 0.494 e. The second-order valence-corrected chi connectivity index (χ2v) is 4.92. The molecule has 0 unspecified atom stereocenters. The standard InChI is InChI=1S/C17H23N3O2/c1-4-18-12-14-11-16(19-20(5-2)17(14)21)13-8-7-9-15(10-13)22-6-3/h7-11,18H,4-6,12H2,1-3H3. The van der Waals surface area contributed by atoms with Crippen molar-refractivity contribution in [2.24, 2.45) is 0 Å². The van der Waals surface area contributed by atoms with Crippen molar-refractivity contribution in [3.05, 3.63) is 46.2 Å². The lowest BCUT2D eigenvalue weighted by atomic mass is 10.1. The monoisotopic (exact) mass is 301 g/mol. The predicted molar refractivity (Wildman–Crippen MR) is 88.2 cm³/mol. The zero-order chi connectivity index (χ0) is 15.9. The van der Waals surface area contributed by atoms with Gasteiger partial charge in [-0.2, -0.15) is 5.10 Å². The van der Waals surface area contributed by atoms with Gasteiger partial charge in [-0.25, -0.2) is 4.68 Å². The van der Waals surface area contributed by atoms with E-state index in [2.05, 4.69) is 10.4 Å². The summed E-state index contributed by atoms with van der Waals surface area (Å²) in [6.45, 7) is 8.45. The van der Waals surface area contributed by atoms with E-state index in [1.54, 1.807) is 0 Å². The van der Waals surface area contributed by atoms with Crippen LogP contribution in [0.25, 0.3) is 11.3 Å². The van der Waals surface area contributed by atoms with Crippen LogP contribution in [0.5, 0.6) is 5.75 Å². The number of ether oxygens (including phenoxy) is 1. The molecule has 0 saturated carbocycles. The first kappa shape index (κ1) is 16.2. The Kier molecular flexibility index (Phi) is 5.72. The second kappa shape index (κ2) is 7.75. The first-order valence-electron chi connectivity index (χ1n) is 7.74. The summed E-state index contributed by atoms with van der Waals surface area (Å²) in [4.78, 5) is 12.3. The predicted octanol–water partition coefficient (Wildman–Crippen LogP) is 2.44. The molecular formula is C17H23N3O2. The summed E-state index contributed by atoms with van der Waals surface area (Å²) in [5.74, 6) is 0.810. The summed E-state index contributed by atoms with van der Waals surface area (Å²) in [7, 11) is 0. The van der Waals surface area contributed by atoms with Crippen LogP contribution in [0.2, 0.25) is 0 Å². The first-order valence-corrected chi connectivity index (χ1v) is 7.74. The highest BCUT2D eigenvalue weighted by molar-refractivity contribution is 5.61. The molecule has 2 rings (SSSR count). The van der Waals surface area contributed by atoms with E-state index in [1.165, 1.54) is 4.68 Å². The Labute approximate surface area is 130 Å². The van der Waals surface area contributed by atoms with Crippen LogP contribution in [0.3, 0.4) is 0 Å². The van der Waals surface area contributed by atoms with Gasteiger partial charge in [0.25, 0.3) is 5.56 Å². The normalized spacial score (nSPS) is 10.7. The Hall–Kier alpha value is -2.14. The highest BCUT2D eigenvalue weighted by Crippen LogP contribution is 2.22. The van der Waals surface area contributed by atoms with Gasteiger partial charge in [0.15, 0.2) is 0 Å². The minimum atomic E-state index is -0.0341. The van der Waals surface area contributed by atoms with Gasteiger partial charge in [0.2, 0.25) is 0 Å². The average molecular weight is 301 g/mol. The molecule has 0 aliphatic carbocycles. The van der Waals surface area contributed by atoms with Crippen LogP contribution in [0.15, 0.2) is 35.1 Å². The molecule has 0 atom stereocenters. The maximum atomic E-state index is 12.3. The SMILES string of the molecule is CCNCc1cc(-c2cccc(OCC)c2)nn(CC)c1=O. The molecule has 5 nitrogen and oxygen atoms in total. The number of hydrogen-bond donors (Lipinski definition) is 1. The molecule has 0 amide bonds. The van der Waals surface area contributed by atoms with Gasteiger partial charge in [-0.3, -0.25) is 4.79 Å². The minimum absolute atomic E-state index is 0.0341. The Balaban J connectivity index is 2.45. The second-order valence-electron chi connectivity index (χ2n) is 4.92. The molecule has 1 heterocycles. The van der Waals surface area contributed by atoms with Gasteiger partial charge in [0, 0.05) is 24.2 Å². The molecule has 0 aliphatic heterocycles. The summed E-state index contributed by atoms with van der Waals surface area (Å²) >= 11 is 0. The van der Waals surface area contributed by atoms with Crippen molar-refractivity contribution in [2.45, 2.75) is 33.9 Å². The minimum Gasteiger partial charge on any atom is -0.494 e. The number of hydrogen-bond acceptors (Lipinski definition) is 4. The summed E-state index contributed by atoms with van der Waals surface area (Å²) in [5, 5.41) is 7.65. The van der Waals surface area contributed by atoms with Crippen molar-refractivity contribution in [1.29, 1.82) is 0 Å². The van der Waals surface area contributed by atoms with Crippen molar-refractivity contribution >= 4 is 0 Å². The molecular weight excluding hydrogens is 278 g/mol. The van der Waals surface area contributed by atoms with E-state index in [4.69, 9.17) is 4.74 Å². The summed E-state index contributed by atoms with van der Waals surface area (Å²) < 4.78 is 7.04. The molecule has 0 saturated heterocycles. The Bertz CT molecular complexity index is 680. The summed E-state index contributed by atoms with van der Waals surface area (Å²) in [6, 6.07) is 9.65. The first-order chi connectivity index (χ1) is 10.7. The summed E-state index contributed by atoms with van der Waals surface area (Å²) in [6.07, 6.45) is 0. The molecule has 1 aromatic heterocycles. The lowest BCUT2D eigenvalue weighted by molar-refractivity contribution is 0.340. The fourth-order valence-corrected chi connectivity index (χ4v) is 2.25. The van der Waals surface area contributed by atoms with E-state index < -0.39 is 0 Å². The Morgan fingerprint density at radius 3 is 2.73 bits per heavy atom. The third-order valence-electron chi connectivity index (χ3n) is 3.35. The molecule has 1 N–H and O–H groups in total. The lowest BCUT2D eigenvalue weighted by Crippen LogP contribution is -2.29. The molecule has 0 spiro atoms. The van der Waals surface area contributed by atoms with Crippen molar-refractivity contribution < 1.29 is 4.74 Å². The van der Waals surface area contributed by atoms with E-state index >= 15 is 0 Å². The Morgan fingerprint density at radius 1 is 1.23 bits per heavy atom. The van der Waals surface area contributed by atoms with Crippen molar-refractivity contribution in [2.75, 3.05) is 13.2 Å². The molecule has 0 bridgehead atoms.